The first-order chi connectivity index (χ1) is 9.20. The highest BCUT2D eigenvalue weighted by atomic mass is 35.5. The average molecular weight is 302 g/mol. The van der Waals surface area contributed by atoms with E-state index in [1.165, 1.54) is 6.42 Å². The summed E-state index contributed by atoms with van der Waals surface area (Å²) in [5.74, 6) is 1.43. The van der Waals surface area contributed by atoms with E-state index in [-0.39, 0.29) is 0 Å². The molecule has 1 heterocycles. The Balaban J connectivity index is 1.89. The Morgan fingerprint density at radius 2 is 2.16 bits per heavy atom. The van der Waals surface area contributed by atoms with Crippen molar-refractivity contribution in [2.75, 3.05) is 26.0 Å². The Kier molecular flexibility index (Phi) is 5.67. The predicted octanol–water partition coefficient (Wildman–Crippen LogP) is 3.34. The molecule has 0 radical (unpaired) electrons. The van der Waals surface area contributed by atoms with Gasteiger partial charge < -0.3 is 14.8 Å². The van der Waals surface area contributed by atoms with Gasteiger partial charge in [0, 0.05) is 11.8 Å². The predicted molar refractivity (Wildman–Crippen MR) is 81.7 cm³/mol. The first-order valence-corrected chi connectivity index (χ1v) is 8.19. The second kappa shape index (κ2) is 7.27. The highest BCUT2D eigenvalue weighted by molar-refractivity contribution is 7.99. The molecule has 19 heavy (non-hydrogen) atoms. The number of hydrogen-bond acceptors (Lipinski definition) is 4. The van der Waals surface area contributed by atoms with E-state index in [0.29, 0.717) is 29.2 Å². The second-order valence-corrected chi connectivity index (χ2v) is 6.30. The molecule has 1 aromatic carbocycles. The van der Waals surface area contributed by atoms with Gasteiger partial charge in [0.1, 0.15) is 13.2 Å². The zero-order valence-electron chi connectivity index (χ0n) is 11.4. The second-order valence-electron chi connectivity index (χ2n) is 4.61. The number of benzene rings is 1. The summed E-state index contributed by atoms with van der Waals surface area (Å²) in [5.41, 5.74) is 1.13. The van der Waals surface area contributed by atoms with Crippen molar-refractivity contribution in [1.29, 1.82) is 0 Å². The smallest absolute Gasteiger partial charge is 0.179 e. The maximum absolute atomic E-state index is 6.20. The van der Waals surface area contributed by atoms with Gasteiger partial charge in [-0.25, -0.2) is 0 Å². The van der Waals surface area contributed by atoms with Gasteiger partial charge in [0.25, 0.3) is 0 Å². The lowest BCUT2D eigenvalue weighted by molar-refractivity contribution is 0.171. The van der Waals surface area contributed by atoms with Gasteiger partial charge in [0.05, 0.1) is 5.02 Å². The third-order valence-corrected chi connectivity index (χ3v) is 4.44. The van der Waals surface area contributed by atoms with Gasteiger partial charge in [-0.05, 0) is 36.9 Å². The molecule has 1 aliphatic heterocycles. The molecule has 106 valence electrons. The van der Waals surface area contributed by atoms with Crippen molar-refractivity contribution in [2.24, 2.45) is 0 Å². The standard InChI is InChI=1S/C14H20ClNO2S/c1-10(19-2)3-4-16-9-11-7-12(15)14-13(8-11)17-5-6-18-14/h7-8,10,16H,3-6,9H2,1-2H3. The van der Waals surface area contributed by atoms with Gasteiger partial charge in [0.15, 0.2) is 11.5 Å². The SMILES string of the molecule is CSC(C)CCNCc1cc(Cl)c2c(c1)OCCO2. The Labute approximate surface area is 124 Å². The molecule has 0 aromatic heterocycles. The van der Waals surface area contributed by atoms with Crippen LogP contribution in [0.2, 0.25) is 5.02 Å². The highest BCUT2D eigenvalue weighted by Gasteiger charge is 2.16. The molecule has 0 saturated heterocycles. The van der Waals surface area contributed by atoms with Crippen LogP contribution in [-0.4, -0.2) is 31.3 Å². The molecule has 1 aromatic rings. The van der Waals surface area contributed by atoms with Crippen LogP contribution in [0.25, 0.3) is 0 Å². The number of thioether (sulfide) groups is 1. The minimum Gasteiger partial charge on any atom is -0.486 e. The Morgan fingerprint density at radius 3 is 2.95 bits per heavy atom. The lowest BCUT2D eigenvalue weighted by Gasteiger charge is -2.20. The largest absolute Gasteiger partial charge is 0.486 e. The van der Waals surface area contributed by atoms with E-state index < -0.39 is 0 Å². The zero-order valence-corrected chi connectivity index (χ0v) is 12.9. The fourth-order valence-electron chi connectivity index (χ4n) is 1.92. The van der Waals surface area contributed by atoms with Crippen molar-refractivity contribution in [1.82, 2.24) is 5.32 Å². The maximum Gasteiger partial charge on any atom is 0.179 e. The minimum absolute atomic E-state index is 0.566. The van der Waals surface area contributed by atoms with Crippen molar-refractivity contribution in [2.45, 2.75) is 25.1 Å². The Hall–Kier alpha value is -0.580. The topological polar surface area (TPSA) is 30.5 Å². The molecule has 0 saturated carbocycles. The summed E-state index contributed by atoms with van der Waals surface area (Å²) >= 11 is 8.09. The van der Waals surface area contributed by atoms with E-state index in [1.54, 1.807) is 0 Å². The molecule has 3 nitrogen and oxygen atoms in total. The fourth-order valence-corrected chi connectivity index (χ4v) is 2.56. The van der Waals surface area contributed by atoms with Crippen molar-refractivity contribution in [3.63, 3.8) is 0 Å². The Bertz CT molecular complexity index is 428. The third kappa shape index (κ3) is 4.20. The number of rotatable bonds is 6. The molecule has 1 atom stereocenters. The quantitative estimate of drug-likeness (QED) is 0.816. The lowest BCUT2D eigenvalue weighted by Crippen LogP contribution is -2.19. The van der Waals surface area contributed by atoms with E-state index in [0.717, 1.165) is 24.4 Å². The van der Waals surface area contributed by atoms with Crippen molar-refractivity contribution < 1.29 is 9.47 Å². The monoisotopic (exact) mass is 301 g/mol. The van der Waals surface area contributed by atoms with Gasteiger partial charge in [0.2, 0.25) is 0 Å². The van der Waals surface area contributed by atoms with E-state index in [9.17, 15) is 0 Å². The molecule has 5 heteroatoms. The van der Waals surface area contributed by atoms with Crippen LogP contribution in [0.4, 0.5) is 0 Å². The van der Waals surface area contributed by atoms with Gasteiger partial charge in [-0.15, -0.1) is 0 Å². The first kappa shape index (κ1) is 14.8. The number of hydrogen-bond donors (Lipinski definition) is 1. The lowest BCUT2D eigenvalue weighted by atomic mass is 10.2. The van der Waals surface area contributed by atoms with Crippen LogP contribution in [0, 0.1) is 0 Å². The van der Waals surface area contributed by atoms with E-state index in [4.69, 9.17) is 21.1 Å². The van der Waals surface area contributed by atoms with Crippen LogP contribution in [-0.2, 0) is 6.54 Å². The van der Waals surface area contributed by atoms with Crippen LogP contribution in [0.3, 0.4) is 0 Å². The maximum atomic E-state index is 6.20. The van der Waals surface area contributed by atoms with Crippen LogP contribution < -0.4 is 14.8 Å². The zero-order chi connectivity index (χ0) is 13.7. The normalized spacial score (nSPS) is 15.3. The number of nitrogens with one attached hydrogen (secondary N) is 1. The third-order valence-electron chi connectivity index (χ3n) is 3.12. The highest BCUT2D eigenvalue weighted by Crippen LogP contribution is 2.38. The summed E-state index contributed by atoms with van der Waals surface area (Å²) in [7, 11) is 0. The molecule has 0 amide bonds. The number of ether oxygens (including phenoxy) is 2. The number of fused-ring (bicyclic) bond motifs is 1. The Morgan fingerprint density at radius 1 is 1.37 bits per heavy atom. The van der Waals surface area contributed by atoms with Gasteiger partial charge >= 0.3 is 0 Å². The molecule has 0 bridgehead atoms. The van der Waals surface area contributed by atoms with Gasteiger partial charge in [-0.3, -0.25) is 0 Å². The van der Waals surface area contributed by atoms with E-state index >= 15 is 0 Å². The van der Waals surface area contributed by atoms with Crippen LogP contribution in [0.1, 0.15) is 18.9 Å². The number of halogens is 1. The average Bonchev–Trinajstić information content (AvgIpc) is 2.43. The first-order valence-electron chi connectivity index (χ1n) is 6.52. The molecular formula is C14H20ClNO2S. The van der Waals surface area contributed by atoms with Crippen LogP contribution in [0.5, 0.6) is 11.5 Å². The summed E-state index contributed by atoms with van der Waals surface area (Å²) < 4.78 is 11.1. The molecule has 0 spiro atoms. The van der Waals surface area contributed by atoms with Gasteiger partial charge in [-0.1, -0.05) is 18.5 Å². The molecular weight excluding hydrogens is 282 g/mol. The summed E-state index contributed by atoms with van der Waals surface area (Å²) in [5, 5.41) is 4.75. The summed E-state index contributed by atoms with van der Waals surface area (Å²) in [6.07, 6.45) is 3.31. The van der Waals surface area contributed by atoms with Crippen LogP contribution >= 0.6 is 23.4 Å². The molecule has 1 unspecified atom stereocenters. The van der Waals surface area contributed by atoms with Gasteiger partial charge in [-0.2, -0.15) is 11.8 Å². The van der Waals surface area contributed by atoms with E-state index in [2.05, 4.69) is 18.5 Å². The van der Waals surface area contributed by atoms with Crippen molar-refractivity contribution >= 4 is 23.4 Å². The van der Waals surface area contributed by atoms with Crippen molar-refractivity contribution in [3.05, 3.63) is 22.7 Å². The molecule has 0 fully saturated rings. The summed E-state index contributed by atoms with van der Waals surface area (Å²) in [6, 6.07) is 3.95. The summed E-state index contributed by atoms with van der Waals surface area (Å²) in [4.78, 5) is 0. The summed E-state index contributed by atoms with van der Waals surface area (Å²) in [6.45, 7) is 5.21. The molecule has 1 N–H and O–H groups in total. The van der Waals surface area contributed by atoms with E-state index in [1.807, 2.05) is 23.9 Å². The molecule has 0 aliphatic carbocycles. The molecule has 2 rings (SSSR count). The fraction of sp³-hybridized carbons (Fsp3) is 0.571. The molecule has 1 aliphatic rings. The van der Waals surface area contributed by atoms with Crippen molar-refractivity contribution in [3.8, 4) is 11.5 Å². The minimum atomic E-state index is 0.566. The van der Waals surface area contributed by atoms with Crippen LogP contribution in [0.15, 0.2) is 12.1 Å².